The molecule has 2 N–H and O–H groups in total. The van der Waals surface area contributed by atoms with Crippen molar-refractivity contribution >= 4 is 33.4 Å². The van der Waals surface area contributed by atoms with Gasteiger partial charge < -0.3 is 15.2 Å². The molecule has 8 heteroatoms. The summed E-state index contributed by atoms with van der Waals surface area (Å²) in [5.74, 6) is 2.08. The van der Waals surface area contributed by atoms with E-state index in [1.807, 2.05) is 19.3 Å². The minimum Gasteiger partial charge on any atom is -0.386 e. The minimum absolute atomic E-state index is 0.273. The number of halogens is 1. The van der Waals surface area contributed by atoms with Gasteiger partial charge in [0.1, 0.15) is 28.9 Å². The zero-order valence-corrected chi connectivity index (χ0v) is 17.7. The van der Waals surface area contributed by atoms with E-state index in [-0.39, 0.29) is 5.82 Å². The molecule has 1 aromatic carbocycles. The van der Waals surface area contributed by atoms with Crippen molar-refractivity contribution in [2.75, 3.05) is 30.4 Å². The molecular weight excluding hydrogens is 393 g/mol. The Kier molecular flexibility index (Phi) is 3.94. The summed E-state index contributed by atoms with van der Waals surface area (Å²) < 4.78 is 14.4. The second kappa shape index (κ2) is 6.60. The van der Waals surface area contributed by atoms with Gasteiger partial charge >= 0.3 is 0 Å². The van der Waals surface area contributed by atoms with E-state index < -0.39 is 0 Å². The highest BCUT2D eigenvalue weighted by Crippen LogP contribution is 2.53. The van der Waals surface area contributed by atoms with E-state index in [1.54, 1.807) is 13.1 Å². The van der Waals surface area contributed by atoms with E-state index >= 15 is 0 Å². The number of benzene rings is 1. The summed E-state index contributed by atoms with van der Waals surface area (Å²) in [6.45, 7) is 3.85. The van der Waals surface area contributed by atoms with Crippen LogP contribution in [0, 0.1) is 18.2 Å². The predicted molar refractivity (Wildman–Crippen MR) is 119 cm³/mol. The van der Waals surface area contributed by atoms with Crippen LogP contribution in [0.1, 0.15) is 36.5 Å². The average Bonchev–Trinajstić information content (AvgIpc) is 3.22. The Morgan fingerprint density at radius 1 is 1.16 bits per heavy atom. The highest BCUT2D eigenvalue weighted by Gasteiger charge is 2.48. The minimum atomic E-state index is -0.273. The molecule has 4 aromatic rings. The van der Waals surface area contributed by atoms with Crippen LogP contribution in [0.4, 0.5) is 15.9 Å². The number of hydrogen-bond acceptors (Lipinski definition) is 6. The molecule has 0 bridgehead atoms. The zero-order valence-electron chi connectivity index (χ0n) is 17.7. The van der Waals surface area contributed by atoms with Gasteiger partial charge in [0.15, 0.2) is 0 Å². The molecule has 1 aliphatic carbocycles. The topological polar surface area (TPSA) is 82.6 Å². The van der Waals surface area contributed by atoms with Gasteiger partial charge in [-0.2, -0.15) is 0 Å². The molecule has 3 aromatic heterocycles. The average molecular weight is 417 g/mol. The van der Waals surface area contributed by atoms with Gasteiger partial charge in [-0.3, -0.25) is 0 Å². The van der Waals surface area contributed by atoms with Crippen molar-refractivity contribution in [3.05, 3.63) is 47.6 Å². The van der Waals surface area contributed by atoms with Crippen LogP contribution in [-0.2, 0) is 6.42 Å². The first-order chi connectivity index (χ1) is 15.0. The van der Waals surface area contributed by atoms with Gasteiger partial charge in [-0.15, -0.1) is 0 Å². The van der Waals surface area contributed by atoms with Crippen LogP contribution in [0.25, 0.3) is 21.9 Å². The SMILES string of the molecule is CNc1cc(F)cc2c1[nH]c1nc(Cc3cnc(C)nc3)nc(N3CCC4(CC4)C3)c12. The van der Waals surface area contributed by atoms with E-state index in [4.69, 9.17) is 9.97 Å². The molecular formula is C23H24FN7. The summed E-state index contributed by atoms with van der Waals surface area (Å²) in [6.07, 6.45) is 7.97. The molecule has 1 saturated carbocycles. The molecule has 158 valence electrons. The maximum atomic E-state index is 14.4. The summed E-state index contributed by atoms with van der Waals surface area (Å²) in [5, 5.41) is 4.81. The number of H-pyrrole nitrogens is 1. The lowest BCUT2D eigenvalue weighted by Crippen LogP contribution is -2.22. The summed E-state index contributed by atoms with van der Waals surface area (Å²) in [4.78, 5) is 24.2. The highest BCUT2D eigenvalue weighted by atomic mass is 19.1. The molecule has 6 rings (SSSR count). The maximum Gasteiger partial charge on any atom is 0.144 e. The van der Waals surface area contributed by atoms with E-state index in [1.165, 1.54) is 25.3 Å². The first kappa shape index (κ1) is 18.5. The van der Waals surface area contributed by atoms with Crippen molar-refractivity contribution in [3.63, 3.8) is 0 Å². The normalized spacial score (nSPS) is 17.2. The van der Waals surface area contributed by atoms with Crippen molar-refractivity contribution in [1.82, 2.24) is 24.9 Å². The molecule has 0 amide bonds. The van der Waals surface area contributed by atoms with Crippen LogP contribution in [0.15, 0.2) is 24.5 Å². The van der Waals surface area contributed by atoms with Crippen LogP contribution in [-0.4, -0.2) is 45.1 Å². The third-order valence-corrected chi connectivity index (χ3v) is 6.71. The molecule has 2 fully saturated rings. The fourth-order valence-corrected chi connectivity index (χ4v) is 4.79. The lowest BCUT2D eigenvalue weighted by atomic mass is 10.1. The monoisotopic (exact) mass is 417 g/mol. The second-order valence-electron chi connectivity index (χ2n) is 8.92. The van der Waals surface area contributed by atoms with Crippen molar-refractivity contribution in [2.24, 2.45) is 5.41 Å². The summed E-state index contributed by atoms with van der Waals surface area (Å²) >= 11 is 0. The second-order valence-corrected chi connectivity index (χ2v) is 8.92. The van der Waals surface area contributed by atoms with Crippen LogP contribution >= 0.6 is 0 Å². The Bertz CT molecular complexity index is 1310. The number of fused-ring (bicyclic) bond motifs is 3. The molecule has 1 aliphatic heterocycles. The number of nitrogens with one attached hydrogen (secondary N) is 2. The number of hydrogen-bond donors (Lipinski definition) is 2. The van der Waals surface area contributed by atoms with Gasteiger partial charge in [-0.25, -0.2) is 24.3 Å². The van der Waals surface area contributed by atoms with E-state index in [2.05, 4.69) is 25.2 Å². The molecule has 0 atom stereocenters. The molecule has 31 heavy (non-hydrogen) atoms. The Morgan fingerprint density at radius 3 is 2.68 bits per heavy atom. The molecule has 7 nitrogen and oxygen atoms in total. The Morgan fingerprint density at radius 2 is 1.97 bits per heavy atom. The predicted octanol–water partition coefficient (Wildman–Crippen LogP) is 3.97. The molecule has 4 heterocycles. The lowest BCUT2D eigenvalue weighted by molar-refractivity contribution is 0.580. The maximum absolute atomic E-state index is 14.4. The van der Waals surface area contributed by atoms with Crippen LogP contribution < -0.4 is 10.2 Å². The number of aromatic amines is 1. The molecule has 1 spiro atoms. The van der Waals surface area contributed by atoms with Crippen molar-refractivity contribution in [2.45, 2.75) is 32.6 Å². The molecule has 0 radical (unpaired) electrons. The fourth-order valence-electron chi connectivity index (χ4n) is 4.79. The molecule has 2 aliphatic rings. The van der Waals surface area contributed by atoms with Crippen LogP contribution in [0.5, 0.6) is 0 Å². The third kappa shape index (κ3) is 3.08. The van der Waals surface area contributed by atoms with Gasteiger partial charge in [0.05, 0.1) is 16.6 Å². The van der Waals surface area contributed by atoms with Crippen molar-refractivity contribution in [3.8, 4) is 0 Å². The Balaban J connectivity index is 1.54. The number of aryl methyl sites for hydroxylation is 1. The largest absolute Gasteiger partial charge is 0.386 e. The smallest absolute Gasteiger partial charge is 0.144 e. The van der Waals surface area contributed by atoms with Crippen LogP contribution in [0.3, 0.4) is 0 Å². The summed E-state index contributed by atoms with van der Waals surface area (Å²) in [5.41, 5.74) is 3.73. The number of anilines is 2. The van der Waals surface area contributed by atoms with Gasteiger partial charge in [-0.1, -0.05) is 0 Å². The lowest BCUT2D eigenvalue weighted by Gasteiger charge is -2.19. The van der Waals surface area contributed by atoms with Crippen molar-refractivity contribution in [1.29, 1.82) is 0 Å². The van der Waals surface area contributed by atoms with Gasteiger partial charge in [0.25, 0.3) is 0 Å². The van der Waals surface area contributed by atoms with Crippen LogP contribution in [0.2, 0.25) is 0 Å². The zero-order chi connectivity index (χ0) is 21.2. The molecule has 1 saturated heterocycles. The van der Waals surface area contributed by atoms with Gasteiger partial charge in [0, 0.05) is 44.3 Å². The Hall–Kier alpha value is -3.29. The van der Waals surface area contributed by atoms with Gasteiger partial charge in [-0.05, 0) is 49.3 Å². The number of aromatic nitrogens is 5. The Labute approximate surface area is 179 Å². The first-order valence-electron chi connectivity index (χ1n) is 10.8. The third-order valence-electron chi connectivity index (χ3n) is 6.71. The summed E-state index contributed by atoms with van der Waals surface area (Å²) in [6, 6.07) is 3.09. The quantitative estimate of drug-likeness (QED) is 0.523. The standard InChI is InChI=1S/C23H24FN7/c1-13-26-10-14(11-27-13)7-18-28-21-19(16-8-15(24)9-17(25-2)20(16)30-21)22(29-18)31-6-5-23(12-31)3-4-23/h8-11,25H,3-7,12H2,1-2H3,(H,28,29,30). The van der Waals surface area contributed by atoms with E-state index in [9.17, 15) is 4.39 Å². The first-order valence-corrected chi connectivity index (χ1v) is 10.8. The summed E-state index contributed by atoms with van der Waals surface area (Å²) in [7, 11) is 1.80. The fraction of sp³-hybridized carbons (Fsp3) is 0.391. The van der Waals surface area contributed by atoms with Gasteiger partial charge in [0.2, 0.25) is 0 Å². The number of rotatable bonds is 4. The van der Waals surface area contributed by atoms with Crippen molar-refractivity contribution < 1.29 is 4.39 Å². The van der Waals surface area contributed by atoms with E-state index in [0.717, 1.165) is 52.2 Å². The highest BCUT2D eigenvalue weighted by molar-refractivity contribution is 6.14. The van der Waals surface area contributed by atoms with E-state index in [0.29, 0.717) is 23.3 Å². The molecule has 0 unspecified atom stereocenters. The number of nitrogens with zero attached hydrogens (tertiary/aromatic N) is 5.